The van der Waals surface area contributed by atoms with E-state index in [1.807, 2.05) is 0 Å². The van der Waals surface area contributed by atoms with E-state index in [1.165, 1.54) is 36.4 Å². The Morgan fingerprint density at radius 1 is 1.17 bits per heavy atom. The first-order valence-corrected chi connectivity index (χ1v) is 9.73. The van der Waals surface area contributed by atoms with Gasteiger partial charge in [0.05, 0.1) is 7.11 Å². The van der Waals surface area contributed by atoms with Crippen molar-refractivity contribution in [3.05, 3.63) is 59.2 Å². The van der Waals surface area contributed by atoms with E-state index in [9.17, 15) is 13.6 Å². The number of carbonyl (C=O) groups is 1. The van der Waals surface area contributed by atoms with Gasteiger partial charge in [0.1, 0.15) is 0 Å². The van der Waals surface area contributed by atoms with Crippen LogP contribution in [0.4, 0.5) is 8.78 Å². The van der Waals surface area contributed by atoms with Crippen LogP contribution in [0.5, 0.6) is 11.5 Å². The van der Waals surface area contributed by atoms with Gasteiger partial charge in [-0.3, -0.25) is 9.69 Å². The summed E-state index contributed by atoms with van der Waals surface area (Å²) in [5.41, 5.74) is 3.06. The minimum atomic E-state index is -2.96. The molecular formula is C22H26F2N2O3. The third-order valence-electron chi connectivity index (χ3n) is 5.29. The summed E-state index contributed by atoms with van der Waals surface area (Å²) < 4.78 is 34.4. The van der Waals surface area contributed by atoms with E-state index < -0.39 is 6.61 Å². The second-order valence-corrected chi connectivity index (χ2v) is 7.01. The molecule has 5 nitrogen and oxygen atoms in total. The van der Waals surface area contributed by atoms with Gasteiger partial charge in [0.15, 0.2) is 11.5 Å². The lowest BCUT2D eigenvalue weighted by Gasteiger charge is -2.35. The van der Waals surface area contributed by atoms with Gasteiger partial charge in [0.25, 0.3) is 5.91 Å². The maximum atomic E-state index is 12.6. The summed E-state index contributed by atoms with van der Waals surface area (Å²) in [5.74, 6) is -0.280. The molecule has 29 heavy (non-hydrogen) atoms. The highest BCUT2D eigenvalue weighted by Crippen LogP contribution is 2.29. The summed E-state index contributed by atoms with van der Waals surface area (Å²) in [6, 6.07) is 12.8. The van der Waals surface area contributed by atoms with E-state index >= 15 is 0 Å². The van der Waals surface area contributed by atoms with Gasteiger partial charge < -0.3 is 14.8 Å². The van der Waals surface area contributed by atoms with Crippen molar-refractivity contribution in [3.8, 4) is 11.5 Å². The molecule has 1 atom stereocenters. The molecule has 156 valence electrons. The molecule has 0 aromatic heterocycles. The number of carbonyl (C=O) groups excluding carboxylic acids is 1. The highest BCUT2D eigenvalue weighted by atomic mass is 19.3. The normalized spacial score (nSPS) is 14.9. The molecule has 0 aliphatic carbocycles. The third kappa shape index (κ3) is 5.23. The van der Waals surface area contributed by atoms with Gasteiger partial charge in [-0.15, -0.1) is 0 Å². The van der Waals surface area contributed by atoms with Crippen LogP contribution in [0.1, 0.15) is 34.8 Å². The van der Waals surface area contributed by atoms with Crippen LogP contribution in [0.2, 0.25) is 0 Å². The summed E-state index contributed by atoms with van der Waals surface area (Å²) in [7, 11) is 1.34. The van der Waals surface area contributed by atoms with Crippen LogP contribution in [-0.4, -0.2) is 43.7 Å². The van der Waals surface area contributed by atoms with Crippen LogP contribution in [0.15, 0.2) is 42.5 Å². The summed E-state index contributed by atoms with van der Waals surface area (Å²) in [4.78, 5) is 15.0. The molecule has 0 spiro atoms. The highest BCUT2D eigenvalue weighted by Gasteiger charge is 2.23. The summed E-state index contributed by atoms with van der Waals surface area (Å²) in [6.07, 6.45) is 1.91. The van der Waals surface area contributed by atoms with Gasteiger partial charge in [-0.1, -0.05) is 31.2 Å². The smallest absolute Gasteiger partial charge is 0.387 e. The van der Waals surface area contributed by atoms with Crippen molar-refractivity contribution in [3.63, 3.8) is 0 Å². The van der Waals surface area contributed by atoms with E-state index in [2.05, 4.69) is 46.1 Å². The van der Waals surface area contributed by atoms with Crippen molar-refractivity contribution in [1.82, 2.24) is 10.2 Å². The fourth-order valence-electron chi connectivity index (χ4n) is 3.68. The molecule has 0 saturated heterocycles. The Bertz CT molecular complexity index is 845. The minimum Gasteiger partial charge on any atom is -0.493 e. The maximum Gasteiger partial charge on any atom is 0.387 e. The first kappa shape index (κ1) is 21.0. The lowest BCUT2D eigenvalue weighted by atomic mass is 9.98. The molecule has 1 aliphatic heterocycles. The third-order valence-corrected chi connectivity index (χ3v) is 5.29. The number of nitrogens with zero attached hydrogens (tertiary/aromatic N) is 1. The van der Waals surface area contributed by atoms with Crippen molar-refractivity contribution >= 4 is 5.91 Å². The monoisotopic (exact) mass is 404 g/mol. The van der Waals surface area contributed by atoms with Crippen molar-refractivity contribution in [1.29, 1.82) is 0 Å². The van der Waals surface area contributed by atoms with Crippen LogP contribution in [0.3, 0.4) is 0 Å². The number of halogens is 2. The fraction of sp³-hybridized carbons (Fsp3) is 0.409. The van der Waals surface area contributed by atoms with Crippen molar-refractivity contribution in [2.24, 2.45) is 0 Å². The molecule has 1 unspecified atom stereocenters. The summed E-state index contributed by atoms with van der Waals surface area (Å²) in [5, 5.41) is 2.96. The van der Waals surface area contributed by atoms with Crippen LogP contribution in [0, 0.1) is 0 Å². The molecule has 2 aromatic rings. The molecule has 3 rings (SSSR count). The molecule has 7 heteroatoms. The average Bonchev–Trinajstić information content (AvgIpc) is 2.73. The predicted octanol–water partition coefficient (Wildman–Crippen LogP) is 3.86. The number of ether oxygens (including phenoxy) is 2. The fourth-order valence-corrected chi connectivity index (χ4v) is 3.68. The maximum absolute atomic E-state index is 12.6. The standard InChI is InChI=1S/C22H26F2N2O3/c1-3-18(26-11-10-15-6-4-5-7-17(15)14-26)13-25-21(27)16-8-9-19(29-22(23)24)20(12-16)28-2/h4-9,12,18,22H,3,10-11,13-14H2,1-2H3,(H,25,27). The molecular weight excluding hydrogens is 378 g/mol. The van der Waals surface area contributed by atoms with Gasteiger partial charge >= 0.3 is 6.61 Å². The molecule has 1 amide bonds. The van der Waals surface area contributed by atoms with Crippen molar-refractivity contribution in [2.75, 3.05) is 20.2 Å². The van der Waals surface area contributed by atoms with Crippen molar-refractivity contribution < 1.29 is 23.0 Å². The zero-order chi connectivity index (χ0) is 20.8. The number of methoxy groups -OCH3 is 1. The van der Waals surface area contributed by atoms with Crippen molar-refractivity contribution in [2.45, 2.75) is 39.0 Å². The molecule has 1 N–H and O–H groups in total. The number of rotatable bonds is 8. The van der Waals surface area contributed by atoms with E-state index in [0.717, 1.165) is 25.9 Å². The highest BCUT2D eigenvalue weighted by molar-refractivity contribution is 5.94. The number of benzene rings is 2. The van der Waals surface area contributed by atoms with Gasteiger partial charge in [0.2, 0.25) is 0 Å². The lowest BCUT2D eigenvalue weighted by Crippen LogP contribution is -2.45. The topological polar surface area (TPSA) is 50.8 Å². The number of alkyl halides is 2. The van der Waals surface area contributed by atoms with Gasteiger partial charge in [-0.2, -0.15) is 8.78 Å². The minimum absolute atomic E-state index is 0.0950. The Hall–Kier alpha value is -2.67. The average molecular weight is 404 g/mol. The van der Waals surface area contributed by atoms with Crippen LogP contribution >= 0.6 is 0 Å². The van der Waals surface area contributed by atoms with E-state index in [1.54, 1.807) is 0 Å². The number of hydrogen-bond acceptors (Lipinski definition) is 4. The Morgan fingerprint density at radius 2 is 1.93 bits per heavy atom. The Morgan fingerprint density at radius 3 is 2.62 bits per heavy atom. The number of fused-ring (bicyclic) bond motifs is 1. The molecule has 1 aliphatic rings. The summed E-state index contributed by atoms with van der Waals surface area (Å²) in [6.45, 7) is 1.49. The zero-order valence-corrected chi connectivity index (χ0v) is 16.7. The zero-order valence-electron chi connectivity index (χ0n) is 16.7. The van der Waals surface area contributed by atoms with Gasteiger partial charge in [-0.25, -0.2) is 0 Å². The quantitative estimate of drug-likeness (QED) is 0.726. The molecule has 0 saturated carbocycles. The Balaban J connectivity index is 1.62. The molecule has 0 fully saturated rings. The molecule has 1 heterocycles. The largest absolute Gasteiger partial charge is 0.493 e. The van der Waals surface area contributed by atoms with Crippen LogP contribution < -0.4 is 14.8 Å². The first-order valence-electron chi connectivity index (χ1n) is 9.73. The molecule has 0 bridgehead atoms. The Labute approximate surface area is 169 Å². The van der Waals surface area contributed by atoms with Crippen LogP contribution in [0.25, 0.3) is 0 Å². The molecule has 0 radical (unpaired) electrons. The van der Waals surface area contributed by atoms with E-state index in [-0.39, 0.29) is 23.4 Å². The molecule has 2 aromatic carbocycles. The number of nitrogens with one attached hydrogen (secondary N) is 1. The second kappa shape index (κ2) is 9.69. The Kier molecular flexibility index (Phi) is 7.04. The van der Waals surface area contributed by atoms with Gasteiger partial charge in [0, 0.05) is 31.2 Å². The summed E-state index contributed by atoms with van der Waals surface area (Å²) >= 11 is 0. The van der Waals surface area contributed by atoms with E-state index in [0.29, 0.717) is 12.1 Å². The SMILES string of the molecule is CCC(CNC(=O)c1ccc(OC(F)F)c(OC)c1)N1CCc2ccccc2C1. The predicted molar refractivity (Wildman–Crippen MR) is 107 cm³/mol. The van der Waals surface area contributed by atoms with Crippen LogP contribution in [-0.2, 0) is 13.0 Å². The second-order valence-electron chi connectivity index (χ2n) is 7.01. The van der Waals surface area contributed by atoms with E-state index in [4.69, 9.17) is 4.74 Å². The number of hydrogen-bond donors (Lipinski definition) is 1. The number of amides is 1. The lowest BCUT2D eigenvalue weighted by molar-refractivity contribution is -0.0512. The van der Waals surface area contributed by atoms with Gasteiger partial charge in [-0.05, 0) is 42.2 Å². The first-order chi connectivity index (χ1) is 14.0.